The number of aliphatic hydroxyl groups excluding tert-OH is 1. The molecule has 2 atom stereocenters. The Morgan fingerprint density at radius 2 is 1.93 bits per heavy atom. The lowest BCUT2D eigenvalue weighted by molar-refractivity contribution is -0.126. The van der Waals surface area contributed by atoms with Gasteiger partial charge in [-0.2, -0.15) is 0 Å². The molecule has 15 heavy (non-hydrogen) atoms. The van der Waals surface area contributed by atoms with E-state index in [1.54, 1.807) is 24.3 Å². The predicted molar refractivity (Wildman–Crippen MR) is 54.2 cm³/mol. The Labute approximate surface area is 87.6 Å². The van der Waals surface area contributed by atoms with E-state index in [-0.39, 0.29) is 17.7 Å². The average molecular weight is 207 g/mol. The van der Waals surface area contributed by atoms with Gasteiger partial charge in [0, 0.05) is 6.42 Å². The molecule has 80 valence electrons. The summed E-state index contributed by atoms with van der Waals surface area (Å²) in [4.78, 5) is 11.2. The molecule has 4 nitrogen and oxygen atoms in total. The van der Waals surface area contributed by atoms with Crippen molar-refractivity contribution in [3.63, 3.8) is 0 Å². The van der Waals surface area contributed by atoms with E-state index in [0.717, 1.165) is 5.56 Å². The van der Waals surface area contributed by atoms with Crippen LogP contribution in [0.15, 0.2) is 24.3 Å². The average Bonchev–Trinajstić information content (AvgIpc) is 2.23. The third-order valence-corrected chi connectivity index (χ3v) is 2.62. The Hall–Kier alpha value is -1.55. The molecule has 0 bridgehead atoms. The summed E-state index contributed by atoms with van der Waals surface area (Å²) in [5, 5.41) is 21.6. The Bertz CT molecular complexity index is 361. The quantitative estimate of drug-likeness (QED) is 0.635. The minimum absolute atomic E-state index is 0.0432. The lowest BCUT2D eigenvalue weighted by Crippen LogP contribution is -2.41. The smallest absolute Gasteiger partial charge is 0.220 e. The van der Waals surface area contributed by atoms with Crippen LogP contribution in [0.3, 0.4) is 0 Å². The van der Waals surface area contributed by atoms with Crippen molar-refractivity contribution >= 4 is 5.91 Å². The van der Waals surface area contributed by atoms with Crippen LogP contribution in [0.4, 0.5) is 0 Å². The van der Waals surface area contributed by atoms with Crippen LogP contribution in [0.25, 0.3) is 0 Å². The van der Waals surface area contributed by atoms with Gasteiger partial charge in [0.05, 0.1) is 12.1 Å². The van der Waals surface area contributed by atoms with Crippen LogP contribution in [0.5, 0.6) is 5.75 Å². The Morgan fingerprint density at radius 3 is 2.60 bits per heavy atom. The minimum Gasteiger partial charge on any atom is -0.508 e. The molecule has 1 aromatic rings. The summed E-state index contributed by atoms with van der Waals surface area (Å²) in [7, 11) is 0. The van der Waals surface area contributed by atoms with Crippen molar-refractivity contribution in [1.29, 1.82) is 0 Å². The number of piperidine rings is 1. The van der Waals surface area contributed by atoms with Gasteiger partial charge < -0.3 is 15.5 Å². The van der Waals surface area contributed by atoms with Crippen LogP contribution in [0.2, 0.25) is 0 Å². The van der Waals surface area contributed by atoms with Crippen molar-refractivity contribution in [2.75, 3.05) is 0 Å². The second-order valence-electron chi connectivity index (χ2n) is 3.74. The van der Waals surface area contributed by atoms with Gasteiger partial charge in [-0.05, 0) is 24.1 Å². The number of nitrogens with one attached hydrogen (secondary N) is 1. The first-order valence-electron chi connectivity index (χ1n) is 4.93. The van der Waals surface area contributed by atoms with Crippen molar-refractivity contribution < 1.29 is 15.0 Å². The van der Waals surface area contributed by atoms with Crippen LogP contribution in [-0.2, 0) is 4.79 Å². The predicted octanol–water partition coefficient (Wildman–Crippen LogP) is 0.704. The van der Waals surface area contributed by atoms with E-state index in [0.29, 0.717) is 12.8 Å². The SMILES string of the molecule is O=C1CCC(O)C(c2ccc(O)cc2)N1. The van der Waals surface area contributed by atoms with Crippen LogP contribution in [-0.4, -0.2) is 22.2 Å². The number of carbonyl (C=O) groups excluding carboxylic acids is 1. The van der Waals surface area contributed by atoms with Gasteiger partial charge >= 0.3 is 0 Å². The molecular weight excluding hydrogens is 194 g/mol. The molecule has 0 aromatic heterocycles. The fourth-order valence-electron chi connectivity index (χ4n) is 1.77. The molecule has 2 unspecified atom stereocenters. The number of benzene rings is 1. The number of aromatic hydroxyl groups is 1. The molecule has 3 N–H and O–H groups in total. The summed E-state index contributed by atoms with van der Waals surface area (Å²) in [6.07, 6.45) is 0.305. The second-order valence-corrected chi connectivity index (χ2v) is 3.74. The first-order valence-corrected chi connectivity index (χ1v) is 4.93. The fraction of sp³-hybridized carbons (Fsp3) is 0.364. The highest BCUT2D eigenvalue weighted by atomic mass is 16.3. The molecule has 0 saturated carbocycles. The first-order chi connectivity index (χ1) is 7.16. The van der Waals surface area contributed by atoms with Crippen molar-refractivity contribution in [3.8, 4) is 5.75 Å². The Balaban J connectivity index is 2.21. The fourth-order valence-corrected chi connectivity index (χ4v) is 1.77. The van der Waals surface area contributed by atoms with Gasteiger partial charge in [-0.3, -0.25) is 4.79 Å². The lowest BCUT2D eigenvalue weighted by atomic mass is 9.94. The normalized spacial score (nSPS) is 26.1. The lowest BCUT2D eigenvalue weighted by Gasteiger charge is -2.28. The molecule has 4 heteroatoms. The Morgan fingerprint density at radius 1 is 1.27 bits per heavy atom. The maximum Gasteiger partial charge on any atom is 0.220 e. The molecule has 1 aromatic carbocycles. The molecule has 0 aliphatic carbocycles. The molecule has 2 rings (SSSR count). The summed E-state index contributed by atoms with van der Waals surface area (Å²) in [5.74, 6) is 0.133. The monoisotopic (exact) mass is 207 g/mol. The van der Waals surface area contributed by atoms with E-state index in [1.807, 2.05) is 0 Å². The minimum atomic E-state index is -0.549. The number of phenolic OH excluding ortho intramolecular Hbond substituents is 1. The zero-order chi connectivity index (χ0) is 10.8. The largest absolute Gasteiger partial charge is 0.508 e. The molecular formula is C11H13NO3. The molecule has 0 radical (unpaired) electrons. The highest BCUT2D eigenvalue weighted by molar-refractivity contribution is 5.77. The van der Waals surface area contributed by atoms with Gasteiger partial charge in [-0.15, -0.1) is 0 Å². The van der Waals surface area contributed by atoms with Gasteiger partial charge in [0.15, 0.2) is 0 Å². The van der Waals surface area contributed by atoms with Gasteiger partial charge in [-0.25, -0.2) is 0 Å². The molecule has 1 amide bonds. The zero-order valence-corrected chi connectivity index (χ0v) is 8.18. The molecule has 1 saturated heterocycles. The summed E-state index contributed by atoms with van der Waals surface area (Å²) >= 11 is 0. The summed E-state index contributed by atoms with van der Waals surface area (Å²) in [6, 6.07) is 6.14. The number of amides is 1. The number of aliphatic hydroxyl groups is 1. The van der Waals surface area contributed by atoms with Gasteiger partial charge in [0.2, 0.25) is 5.91 Å². The molecule has 1 heterocycles. The third-order valence-electron chi connectivity index (χ3n) is 2.62. The number of hydrogen-bond acceptors (Lipinski definition) is 3. The highest BCUT2D eigenvalue weighted by Crippen LogP contribution is 2.25. The van der Waals surface area contributed by atoms with Crippen LogP contribution >= 0.6 is 0 Å². The third kappa shape index (κ3) is 2.10. The summed E-state index contributed by atoms with van der Waals surface area (Å²) in [5.41, 5.74) is 0.813. The number of hydrogen-bond donors (Lipinski definition) is 3. The van der Waals surface area contributed by atoms with E-state index < -0.39 is 6.10 Å². The van der Waals surface area contributed by atoms with Crippen LogP contribution in [0.1, 0.15) is 24.4 Å². The van der Waals surface area contributed by atoms with Crippen molar-refractivity contribution in [1.82, 2.24) is 5.32 Å². The number of carbonyl (C=O) groups is 1. The molecule has 1 fully saturated rings. The van der Waals surface area contributed by atoms with Gasteiger partial charge in [-0.1, -0.05) is 12.1 Å². The summed E-state index contributed by atoms with van der Waals surface area (Å²) < 4.78 is 0. The van der Waals surface area contributed by atoms with Crippen molar-refractivity contribution in [2.24, 2.45) is 0 Å². The molecule has 1 aliphatic heterocycles. The van der Waals surface area contributed by atoms with Crippen LogP contribution in [0, 0.1) is 0 Å². The zero-order valence-electron chi connectivity index (χ0n) is 8.18. The van der Waals surface area contributed by atoms with E-state index in [9.17, 15) is 9.90 Å². The Kier molecular flexibility index (Phi) is 2.60. The molecule has 0 spiro atoms. The van der Waals surface area contributed by atoms with E-state index in [1.165, 1.54) is 0 Å². The first kappa shape index (κ1) is 9.98. The van der Waals surface area contributed by atoms with Crippen LogP contribution < -0.4 is 5.32 Å². The van der Waals surface area contributed by atoms with E-state index >= 15 is 0 Å². The second kappa shape index (κ2) is 3.90. The van der Waals surface area contributed by atoms with Crippen molar-refractivity contribution in [2.45, 2.75) is 25.0 Å². The number of rotatable bonds is 1. The van der Waals surface area contributed by atoms with E-state index in [4.69, 9.17) is 5.11 Å². The standard InChI is InChI=1S/C11H13NO3/c13-8-3-1-7(2-4-8)11-9(14)5-6-10(15)12-11/h1-4,9,11,13-14H,5-6H2,(H,12,15). The van der Waals surface area contributed by atoms with Gasteiger partial charge in [0.25, 0.3) is 0 Å². The highest BCUT2D eigenvalue weighted by Gasteiger charge is 2.27. The maximum absolute atomic E-state index is 11.2. The van der Waals surface area contributed by atoms with Crippen molar-refractivity contribution in [3.05, 3.63) is 29.8 Å². The van der Waals surface area contributed by atoms with E-state index in [2.05, 4.69) is 5.32 Å². The number of phenols is 1. The van der Waals surface area contributed by atoms with Gasteiger partial charge in [0.1, 0.15) is 5.75 Å². The maximum atomic E-state index is 11.2. The topological polar surface area (TPSA) is 69.6 Å². The molecule has 1 aliphatic rings. The summed E-state index contributed by atoms with van der Waals surface area (Å²) in [6.45, 7) is 0.